The molecule has 4 heteroatoms. The minimum atomic E-state index is -1.07. The summed E-state index contributed by atoms with van der Waals surface area (Å²) in [5.41, 5.74) is 5.98. The third-order valence-electron chi connectivity index (χ3n) is 7.72. The van der Waals surface area contributed by atoms with Gasteiger partial charge in [0.1, 0.15) is 0 Å². The van der Waals surface area contributed by atoms with Crippen molar-refractivity contribution in [3.8, 4) is 0 Å². The molecule has 4 aromatic rings. The number of hydrogen-bond acceptors (Lipinski definition) is 0. The smallest absolute Gasteiger partial charge is 1.00 e. The second kappa shape index (κ2) is 15.7. The predicted molar refractivity (Wildman–Crippen MR) is 184 cm³/mol. The molecule has 5 rings (SSSR count). The van der Waals surface area contributed by atoms with Gasteiger partial charge in [0, 0.05) is 0 Å². The van der Waals surface area contributed by atoms with Crippen molar-refractivity contribution in [2.24, 2.45) is 5.92 Å². The van der Waals surface area contributed by atoms with Gasteiger partial charge in [-0.25, -0.2) is 10.8 Å². The molecule has 0 amide bonds. The predicted octanol–water partition coefficient (Wildman–Crippen LogP) is 5.28. The molecule has 230 valence electrons. The molecular weight excluding hydrogens is 659 g/mol. The molecule has 0 heterocycles. The van der Waals surface area contributed by atoms with Crippen LogP contribution in [-0.2, 0) is 35.1 Å². The Morgan fingerprint density at radius 2 is 1.21 bits per heavy atom. The Labute approximate surface area is 291 Å². The zero-order valence-corrected chi connectivity index (χ0v) is 33.3. The molecule has 0 spiro atoms. The minimum Gasteiger partial charge on any atom is -1.00 e. The Kier molecular flexibility index (Phi) is 14.5. The fraction of sp³-hybridized carbons (Fsp3) is 0.385. The molecule has 0 radical (unpaired) electrons. The Morgan fingerprint density at radius 1 is 0.767 bits per heavy atom. The van der Waals surface area contributed by atoms with Crippen LogP contribution >= 0.6 is 0 Å². The van der Waals surface area contributed by atoms with Crippen LogP contribution in [0.4, 0.5) is 0 Å². The van der Waals surface area contributed by atoms with Gasteiger partial charge in [0.2, 0.25) is 0 Å². The zero-order valence-electron chi connectivity index (χ0n) is 28.3. The first-order valence-electron chi connectivity index (χ1n) is 15.0. The van der Waals surface area contributed by atoms with E-state index in [4.69, 9.17) is 0 Å². The third-order valence-corrected chi connectivity index (χ3v) is 10.6. The number of rotatable bonds is 2. The van der Waals surface area contributed by atoms with Crippen LogP contribution in [0.1, 0.15) is 79.0 Å². The molecule has 1 aliphatic rings. The monoisotopic (exact) mass is 706 g/mol. The van der Waals surface area contributed by atoms with Crippen molar-refractivity contribution in [2.45, 2.75) is 92.8 Å². The van der Waals surface area contributed by atoms with E-state index in [2.05, 4.69) is 161 Å². The summed E-state index contributed by atoms with van der Waals surface area (Å²) < 4.78 is 1.46. The van der Waals surface area contributed by atoms with Crippen LogP contribution in [0.2, 0.25) is 19.6 Å². The third kappa shape index (κ3) is 10.8. The van der Waals surface area contributed by atoms with E-state index in [9.17, 15) is 0 Å². The summed E-state index contributed by atoms with van der Waals surface area (Å²) in [6.45, 7) is 27.4. The minimum absolute atomic E-state index is 0. The molecule has 0 nitrogen and oxygen atoms in total. The first-order chi connectivity index (χ1) is 18.9. The van der Waals surface area contributed by atoms with E-state index in [-0.39, 0.29) is 35.6 Å². The molecule has 0 aliphatic heterocycles. The molecular formula is C39H50Cl2SiZr-2. The van der Waals surface area contributed by atoms with E-state index in [1.807, 2.05) is 6.07 Å². The zero-order chi connectivity index (χ0) is 30.8. The van der Waals surface area contributed by atoms with Crippen molar-refractivity contribution in [3.05, 3.63) is 112 Å². The summed E-state index contributed by atoms with van der Waals surface area (Å²) >= 11 is 1.51. The van der Waals surface area contributed by atoms with E-state index in [1.165, 1.54) is 71.2 Å². The Hall–Kier alpha value is -1.44. The van der Waals surface area contributed by atoms with Crippen LogP contribution in [-0.4, -0.2) is 11.3 Å². The maximum Gasteiger partial charge on any atom is -1.00 e. The van der Waals surface area contributed by atoms with Gasteiger partial charge in [0.25, 0.3) is 0 Å². The number of halogens is 2. The van der Waals surface area contributed by atoms with E-state index in [0.29, 0.717) is 5.92 Å². The summed E-state index contributed by atoms with van der Waals surface area (Å²) in [4.78, 5) is 0. The summed E-state index contributed by atoms with van der Waals surface area (Å²) in [5.74, 6) is 0.553. The van der Waals surface area contributed by atoms with E-state index < -0.39 is 8.07 Å². The van der Waals surface area contributed by atoms with Gasteiger partial charge >= 0.3 is 70.3 Å². The van der Waals surface area contributed by atoms with Crippen molar-refractivity contribution in [2.75, 3.05) is 0 Å². The fourth-order valence-electron chi connectivity index (χ4n) is 5.29. The Morgan fingerprint density at radius 3 is 1.49 bits per heavy atom. The number of benzene rings is 3. The SMILES string of the molecule is CC(C)(C)c1ccc2c(c1)[cH-]c1cc(C(C)(C)C)ccc12.CC1=[C-]C(C)C=C1[Si](C)(C)C.C[C](=[Zr+2])c1ccccc1.[Cl-].[Cl-]. The van der Waals surface area contributed by atoms with Gasteiger partial charge in [-0.1, -0.05) is 116 Å². The molecule has 1 unspecified atom stereocenters. The summed E-state index contributed by atoms with van der Waals surface area (Å²) in [6, 6.07) is 26.7. The van der Waals surface area contributed by atoms with Gasteiger partial charge < -0.3 is 24.8 Å². The van der Waals surface area contributed by atoms with Crippen LogP contribution in [0.5, 0.6) is 0 Å². The second-order valence-electron chi connectivity index (χ2n) is 14.6. The van der Waals surface area contributed by atoms with Crippen LogP contribution in [0.25, 0.3) is 21.5 Å². The normalized spacial score (nSPS) is 14.8. The molecule has 1 atom stereocenters. The van der Waals surface area contributed by atoms with Crippen LogP contribution in [0.3, 0.4) is 0 Å². The van der Waals surface area contributed by atoms with E-state index >= 15 is 0 Å². The standard InChI is InChI=1S/C21H25.C10H17Si.C8H8.2ClH.Zr/c1-20(2,3)16-7-9-18-14(12-16)11-15-13-17(21(4,5)6)8-10-19(15)18;1-8-6-9(2)10(7-8)11(3,4)5;1-2-8-6-4-3-5-7-8;;;/h7-13H,1-6H3;7-8H,1-5H3;3-7H,1H3;2*1H;/q2*-1;;;;+2/p-2. The van der Waals surface area contributed by atoms with Gasteiger partial charge in [0.15, 0.2) is 0 Å². The molecule has 0 saturated carbocycles. The largest absolute Gasteiger partial charge is 1.00 e. The molecule has 43 heavy (non-hydrogen) atoms. The maximum absolute atomic E-state index is 3.43. The number of fused-ring (bicyclic) bond motifs is 3. The molecule has 0 fully saturated rings. The molecule has 4 aromatic carbocycles. The molecule has 0 saturated heterocycles. The molecule has 0 N–H and O–H groups in total. The van der Waals surface area contributed by atoms with Crippen molar-refractivity contribution >= 4 is 32.8 Å². The first-order valence-corrected chi connectivity index (χ1v) is 19.7. The number of hydrogen-bond donors (Lipinski definition) is 0. The fourth-order valence-corrected chi connectivity index (χ4v) is 7.65. The van der Waals surface area contributed by atoms with E-state index in [1.54, 1.807) is 5.20 Å². The molecule has 0 aromatic heterocycles. The van der Waals surface area contributed by atoms with Crippen LogP contribution in [0.15, 0.2) is 89.6 Å². The summed E-state index contributed by atoms with van der Waals surface area (Å²) in [5, 5.41) is 7.08. The van der Waals surface area contributed by atoms with Gasteiger partial charge in [-0.05, 0) is 18.9 Å². The maximum atomic E-state index is 3.43. The first kappa shape index (κ1) is 39.6. The van der Waals surface area contributed by atoms with Gasteiger partial charge in [-0.3, -0.25) is 6.08 Å². The Balaban J connectivity index is 0.000000356. The Bertz CT molecular complexity index is 1500. The van der Waals surface area contributed by atoms with E-state index in [0.717, 1.165) is 0 Å². The molecule has 1 aliphatic carbocycles. The van der Waals surface area contributed by atoms with Crippen molar-refractivity contribution < 1.29 is 49.0 Å². The van der Waals surface area contributed by atoms with Gasteiger partial charge in [-0.2, -0.15) is 6.08 Å². The number of allylic oxidation sites excluding steroid dienone is 4. The van der Waals surface area contributed by atoms with Gasteiger partial charge in [0.05, 0.1) is 0 Å². The molecule has 0 bridgehead atoms. The average Bonchev–Trinajstić information content (AvgIpc) is 3.42. The average molecular weight is 709 g/mol. The quantitative estimate of drug-likeness (QED) is 0.197. The second-order valence-corrected chi connectivity index (χ2v) is 21.5. The van der Waals surface area contributed by atoms with Crippen LogP contribution < -0.4 is 24.8 Å². The summed E-state index contributed by atoms with van der Waals surface area (Å²) in [7, 11) is -1.07. The van der Waals surface area contributed by atoms with Crippen molar-refractivity contribution in [1.82, 2.24) is 0 Å². The van der Waals surface area contributed by atoms with Gasteiger partial charge in [-0.15, -0.1) is 39.7 Å². The summed E-state index contributed by atoms with van der Waals surface area (Å²) in [6.07, 6.45) is 5.81. The van der Waals surface area contributed by atoms with Crippen LogP contribution in [0, 0.1) is 12.0 Å². The van der Waals surface area contributed by atoms with Crippen molar-refractivity contribution in [3.63, 3.8) is 0 Å². The topological polar surface area (TPSA) is 0 Å². The van der Waals surface area contributed by atoms with Crippen molar-refractivity contribution in [1.29, 1.82) is 0 Å².